The van der Waals surface area contributed by atoms with E-state index in [1.54, 1.807) is 22.8 Å². The van der Waals surface area contributed by atoms with E-state index in [-0.39, 0.29) is 23.5 Å². The molecule has 34 heteroatoms. The van der Waals surface area contributed by atoms with Gasteiger partial charge in [0.1, 0.15) is 59.2 Å². The van der Waals surface area contributed by atoms with Gasteiger partial charge in [0.15, 0.2) is 11.5 Å². The van der Waals surface area contributed by atoms with Gasteiger partial charge in [-0.2, -0.15) is 5.10 Å². The van der Waals surface area contributed by atoms with Crippen molar-refractivity contribution in [2.75, 3.05) is 26.2 Å². The fourth-order valence-electron chi connectivity index (χ4n) is 10.8. The lowest BCUT2D eigenvalue weighted by atomic mass is 9.96. The Hall–Kier alpha value is -8.13. The molecule has 0 saturated carbocycles. The van der Waals surface area contributed by atoms with Crippen molar-refractivity contribution in [3.63, 3.8) is 0 Å². The molecule has 0 bridgehead atoms. The molecule has 3 aliphatic rings. The summed E-state index contributed by atoms with van der Waals surface area (Å²) in [7, 11) is 0. The third-order valence-corrected chi connectivity index (χ3v) is 17.1. The molecular formula is C58H73N11O21S2. The van der Waals surface area contributed by atoms with E-state index in [0.717, 1.165) is 71.9 Å². The van der Waals surface area contributed by atoms with Gasteiger partial charge in [-0.1, -0.05) is 72.0 Å². The van der Waals surface area contributed by atoms with Crippen molar-refractivity contribution in [3.05, 3.63) is 84.1 Å². The number of fused-ring (bicyclic) bond motifs is 3. The van der Waals surface area contributed by atoms with Crippen molar-refractivity contribution < 1.29 is 103 Å². The summed E-state index contributed by atoms with van der Waals surface area (Å²) < 4.78 is 16.7. The van der Waals surface area contributed by atoms with Gasteiger partial charge in [-0.3, -0.25) is 38.4 Å². The number of primary amides is 1. The molecule has 13 unspecified atom stereocenters. The minimum Gasteiger partial charge on any atom is -0.504 e. The molecule has 3 aliphatic heterocycles. The first-order valence-corrected chi connectivity index (χ1v) is 30.9. The first kappa shape index (κ1) is 69.8. The van der Waals surface area contributed by atoms with Crippen LogP contribution in [0.15, 0.2) is 72.9 Å². The number of imidazole rings is 1. The maximum atomic E-state index is 14.7. The number of aromatic nitrogens is 3. The van der Waals surface area contributed by atoms with E-state index < -0.39 is 183 Å². The minimum atomic E-state index is -2.53. The number of aliphatic hydroxyl groups excluding tert-OH is 7. The number of aromatic hydroxyl groups is 1. The third-order valence-electron chi connectivity index (χ3n) is 15.8. The number of amides is 8. The van der Waals surface area contributed by atoms with Crippen LogP contribution in [-0.4, -0.2) is 217 Å². The number of hydrogen-bond donors (Lipinski definition) is 15. The third kappa shape index (κ3) is 16.9. The summed E-state index contributed by atoms with van der Waals surface area (Å²) in [6.45, 7) is 3.46. The average Bonchev–Trinajstić information content (AvgIpc) is 1.76. The van der Waals surface area contributed by atoms with Crippen LogP contribution in [0.3, 0.4) is 0 Å². The molecule has 0 aliphatic carbocycles. The van der Waals surface area contributed by atoms with Gasteiger partial charge in [-0.25, -0.2) is 14.8 Å². The second-order valence-electron chi connectivity index (χ2n) is 22.6. The van der Waals surface area contributed by atoms with Crippen LogP contribution in [0.25, 0.3) is 26.8 Å². The number of carbonyl (C=O) groups excluding carboxylic acids is 8. The Balaban J connectivity index is 1.07. The first-order valence-electron chi connectivity index (χ1n) is 29.4. The molecular weight excluding hydrogens is 1250 g/mol. The predicted octanol–water partition coefficient (Wildman–Crippen LogP) is -1.53. The number of nitrogens with one attached hydrogen (secondary N) is 5. The molecule has 8 amide bonds. The molecule has 32 nitrogen and oxygen atoms in total. The monoisotopic (exact) mass is 1320 g/mol. The molecule has 5 heterocycles. The van der Waals surface area contributed by atoms with Crippen molar-refractivity contribution in [2.24, 2.45) is 11.7 Å². The lowest BCUT2D eigenvalue weighted by Crippen LogP contribution is -2.64. The number of nitrogens with zero attached hydrogens (tertiary/aromatic N) is 5. The van der Waals surface area contributed by atoms with Gasteiger partial charge in [0, 0.05) is 55.1 Å². The maximum Gasteiger partial charge on any atom is 0.261 e. The van der Waals surface area contributed by atoms with Crippen LogP contribution in [-0.2, 0) is 42.9 Å². The Morgan fingerprint density at radius 2 is 1.50 bits per heavy atom. The van der Waals surface area contributed by atoms with Crippen LogP contribution in [0.1, 0.15) is 87.7 Å². The fraction of sp³-hybridized carbons (Fsp3) is 0.483. The zero-order chi connectivity index (χ0) is 66.7. The Morgan fingerprint density at radius 3 is 2.17 bits per heavy atom. The molecule has 0 spiro atoms. The number of phenolic OH excluding ortho intramolecular Hbond substituents is 1. The van der Waals surface area contributed by atoms with Gasteiger partial charge in [-0.05, 0) is 67.4 Å². The number of hydrogen-bond acceptors (Lipinski definition) is 25. The standard InChI is InChI=1S/C58H73N11O21S2/c1-4-5-6-7-18-87-35-15-12-29(13-16-35)37-26-69-58(62-37)91-55(66-69)31-10-8-30(9-11-31)50(79)61-36-20-33(71)23-60-54(83)46-47(76)27(2)24-68(46)57(85)44(40(74)22-42(59)75)64-53(82)45(49(78)48(77)32-14-17-39(73)41(19-32)88-92-90-89-86)65-52(81)38-21-34(72)25-67(38)56(84)43(28(3)70)63-51(36)80/h8-17,19,26-28,33-34,36,38,40,43-49,70-74,76-78,86H,4-7,18,20-25H2,1-3H3,(H2,59,75)(H,60,83)(H,61,79)(H,63,80)(H,64,82)(H,65,81)/t27?,28?,33?,34?,36-,38?,40?,43?,44?,45?,46?,47?,48?,49?/m0/s1. The highest BCUT2D eigenvalue weighted by molar-refractivity contribution is 7.90. The van der Waals surface area contributed by atoms with E-state index in [2.05, 4.69) is 48.0 Å². The SMILES string of the molecule is CCCCCCOc1ccc(-c2cn3nc(-c4ccc(C(=O)N[C@H]5CC(O)CNC(=O)C6C(O)C(C)CN6C(=O)C(C(O)CC(N)=O)NC(=O)C(C(O)C(O)c6ccc(O)c(OSOOO)c6)NC(=O)C6CC(O)CN6C(=O)C(C(C)O)NC5=O)cc4)sc3n2)cc1. The van der Waals surface area contributed by atoms with Crippen molar-refractivity contribution in [1.82, 2.24) is 51.0 Å². The number of benzene rings is 3. The molecule has 8 rings (SSSR count). The van der Waals surface area contributed by atoms with Crippen LogP contribution in [0.4, 0.5) is 0 Å². The van der Waals surface area contributed by atoms with E-state index in [9.17, 15) is 79.2 Å². The summed E-state index contributed by atoms with van der Waals surface area (Å²) in [5.74, 6) is -11.2. The Labute approximate surface area is 533 Å². The quantitative estimate of drug-likeness (QED) is 0.0171. The summed E-state index contributed by atoms with van der Waals surface area (Å²) >= 11 is 1.25. The summed E-state index contributed by atoms with van der Waals surface area (Å²) in [6, 6.07) is 4.27. The molecule has 14 atom stereocenters. The highest BCUT2D eigenvalue weighted by Gasteiger charge is 2.50. The van der Waals surface area contributed by atoms with Gasteiger partial charge >= 0.3 is 0 Å². The number of β-amino-alcohol motifs (C(OH)–C–C–N with tert-alkyl or cyclic N) is 1. The van der Waals surface area contributed by atoms with Crippen molar-refractivity contribution in [2.45, 2.75) is 145 Å². The number of aliphatic hydroxyl groups is 7. The van der Waals surface area contributed by atoms with Crippen LogP contribution >= 0.6 is 23.7 Å². The zero-order valence-corrected chi connectivity index (χ0v) is 51.5. The lowest BCUT2D eigenvalue weighted by Gasteiger charge is -2.34. The number of rotatable bonds is 21. The largest absolute Gasteiger partial charge is 0.504 e. The maximum absolute atomic E-state index is 14.7. The van der Waals surface area contributed by atoms with Gasteiger partial charge in [-0.15, -0.1) is 0 Å². The highest BCUT2D eigenvalue weighted by atomic mass is 32.2. The fourth-order valence-corrected chi connectivity index (χ4v) is 12.0. The molecule has 16 N–H and O–H groups in total. The number of carbonyl (C=O) groups is 8. The second-order valence-corrected chi connectivity index (χ2v) is 24.0. The molecule has 3 fully saturated rings. The smallest absolute Gasteiger partial charge is 0.261 e. The number of unbranched alkanes of at least 4 members (excludes halogenated alkanes) is 3. The Bertz CT molecular complexity index is 3400. The Kier molecular flexibility index (Phi) is 23.9. The molecule has 0 radical (unpaired) electrons. The summed E-state index contributed by atoms with van der Waals surface area (Å²) in [5.41, 5.74) is 7.15. The molecule has 5 aromatic rings. The van der Waals surface area contributed by atoms with Gasteiger partial charge in [0.25, 0.3) is 18.2 Å². The van der Waals surface area contributed by atoms with E-state index in [1.165, 1.54) is 30.4 Å². The summed E-state index contributed by atoms with van der Waals surface area (Å²) in [4.78, 5) is 120. The molecule has 498 valence electrons. The van der Waals surface area contributed by atoms with Crippen LogP contribution in [0, 0.1) is 5.92 Å². The van der Waals surface area contributed by atoms with Gasteiger partial charge in [0.2, 0.25) is 46.3 Å². The van der Waals surface area contributed by atoms with Crippen molar-refractivity contribution >= 4 is 75.9 Å². The summed E-state index contributed by atoms with van der Waals surface area (Å²) in [5, 5.41) is 119. The lowest BCUT2D eigenvalue weighted by molar-refractivity contribution is -0.433. The average molecular weight is 1320 g/mol. The Morgan fingerprint density at radius 1 is 0.815 bits per heavy atom. The van der Waals surface area contributed by atoms with E-state index in [0.29, 0.717) is 27.8 Å². The molecule has 2 aromatic heterocycles. The number of phenols is 1. The van der Waals surface area contributed by atoms with Gasteiger partial charge < -0.3 is 91.9 Å². The predicted molar refractivity (Wildman–Crippen MR) is 322 cm³/mol. The zero-order valence-electron chi connectivity index (χ0n) is 49.8. The minimum absolute atomic E-state index is 0.00940. The number of nitrogens with two attached hydrogens (primary N) is 1. The first-order chi connectivity index (χ1) is 43.9. The van der Waals surface area contributed by atoms with Crippen molar-refractivity contribution in [3.8, 4) is 39.1 Å². The molecule has 92 heavy (non-hydrogen) atoms. The van der Waals surface area contributed by atoms with Crippen LogP contribution in [0.5, 0.6) is 17.2 Å². The molecule has 3 saturated heterocycles. The van der Waals surface area contributed by atoms with Gasteiger partial charge in [0.05, 0.1) is 55.4 Å². The van der Waals surface area contributed by atoms with E-state index >= 15 is 0 Å². The summed E-state index contributed by atoms with van der Waals surface area (Å²) in [6.07, 6.45) is -10.0. The topological polar surface area (TPSA) is 478 Å². The van der Waals surface area contributed by atoms with Crippen LogP contribution < -0.4 is 41.2 Å². The van der Waals surface area contributed by atoms with E-state index in [4.69, 9.17) is 24.9 Å². The second kappa shape index (κ2) is 31.5. The molecule has 3 aromatic carbocycles. The van der Waals surface area contributed by atoms with E-state index in [1.807, 2.05) is 24.3 Å². The number of ether oxygens (including phenoxy) is 1. The normalized spacial score (nSPS) is 25.1. The highest BCUT2D eigenvalue weighted by Crippen LogP contribution is 2.35. The van der Waals surface area contributed by atoms with Crippen molar-refractivity contribution in [1.29, 1.82) is 0 Å². The van der Waals surface area contributed by atoms with Crippen LogP contribution in [0.2, 0.25) is 0 Å².